The summed E-state index contributed by atoms with van der Waals surface area (Å²) in [5, 5.41) is 6.58. The largest absolute Gasteiger partial charge is 0.383 e. The van der Waals surface area contributed by atoms with Crippen molar-refractivity contribution in [1.29, 1.82) is 0 Å². The molecule has 2 atom stereocenters. The number of methoxy groups -OCH3 is 1. The summed E-state index contributed by atoms with van der Waals surface area (Å²) in [6.07, 6.45) is 1.30. The summed E-state index contributed by atoms with van der Waals surface area (Å²) in [6, 6.07) is -0.114. The molecule has 1 aromatic rings. The van der Waals surface area contributed by atoms with Crippen LogP contribution >= 0.6 is 0 Å². The van der Waals surface area contributed by atoms with E-state index in [2.05, 4.69) is 10.5 Å². The van der Waals surface area contributed by atoms with Crippen LogP contribution in [-0.2, 0) is 19.6 Å². The second-order valence-corrected chi connectivity index (χ2v) is 8.10. The van der Waals surface area contributed by atoms with E-state index in [4.69, 9.17) is 9.26 Å². The molecule has 9 heteroatoms. The van der Waals surface area contributed by atoms with Gasteiger partial charge in [0, 0.05) is 26.2 Å². The molecule has 1 N–H and O–H groups in total. The van der Waals surface area contributed by atoms with Gasteiger partial charge in [0.2, 0.25) is 15.9 Å². The maximum Gasteiger partial charge on any atom is 0.248 e. The highest BCUT2D eigenvalue weighted by Crippen LogP contribution is 2.27. The highest BCUT2D eigenvalue weighted by molar-refractivity contribution is 7.89. The van der Waals surface area contributed by atoms with Crippen molar-refractivity contribution in [3.8, 4) is 0 Å². The number of piperidine rings is 1. The Balaban J connectivity index is 2.11. The quantitative estimate of drug-likeness (QED) is 0.808. The molecule has 0 bridgehead atoms. The summed E-state index contributed by atoms with van der Waals surface area (Å²) >= 11 is 0. The average molecular weight is 359 g/mol. The normalized spacial score (nSPS) is 20.8. The van der Waals surface area contributed by atoms with Crippen molar-refractivity contribution in [2.24, 2.45) is 5.92 Å². The Bertz CT molecular complexity index is 666. The van der Waals surface area contributed by atoms with Crippen molar-refractivity contribution in [3.63, 3.8) is 0 Å². The minimum atomic E-state index is -3.71. The summed E-state index contributed by atoms with van der Waals surface area (Å²) < 4.78 is 37.1. The van der Waals surface area contributed by atoms with Crippen molar-refractivity contribution in [2.75, 3.05) is 26.8 Å². The molecule has 0 spiro atoms. The highest BCUT2D eigenvalue weighted by Gasteiger charge is 2.36. The second-order valence-electron chi connectivity index (χ2n) is 6.22. The third-order valence-electron chi connectivity index (χ3n) is 4.13. The van der Waals surface area contributed by atoms with Gasteiger partial charge in [-0.15, -0.1) is 0 Å². The van der Waals surface area contributed by atoms with Crippen LogP contribution in [0.3, 0.4) is 0 Å². The number of hydrogen-bond acceptors (Lipinski definition) is 6. The number of hydrogen-bond donors (Lipinski definition) is 1. The molecule has 2 unspecified atom stereocenters. The Morgan fingerprint density at radius 2 is 2.21 bits per heavy atom. The van der Waals surface area contributed by atoms with Gasteiger partial charge in [0.15, 0.2) is 5.76 Å². The van der Waals surface area contributed by atoms with Gasteiger partial charge in [0.1, 0.15) is 10.6 Å². The van der Waals surface area contributed by atoms with Crippen LogP contribution in [0, 0.1) is 19.8 Å². The van der Waals surface area contributed by atoms with Crippen molar-refractivity contribution < 1.29 is 22.5 Å². The summed E-state index contributed by atoms with van der Waals surface area (Å²) in [6.45, 7) is 6.00. The zero-order valence-corrected chi connectivity index (χ0v) is 15.4. The Kier molecular flexibility index (Phi) is 6.00. The molecule has 0 saturated carbocycles. The standard InChI is InChI=1S/C15H25N3O5S/c1-10(9-22-4)16-15(19)13-6-5-7-18(8-13)24(20,21)14-11(2)17-23-12(14)3/h10,13H,5-9H2,1-4H3,(H,16,19). The summed E-state index contributed by atoms with van der Waals surface area (Å²) in [4.78, 5) is 12.5. The van der Waals surface area contributed by atoms with Gasteiger partial charge in [-0.1, -0.05) is 5.16 Å². The molecule has 1 aromatic heterocycles. The number of carbonyl (C=O) groups excluding carboxylic acids is 1. The number of nitrogens with one attached hydrogen (secondary N) is 1. The van der Waals surface area contributed by atoms with Gasteiger partial charge >= 0.3 is 0 Å². The van der Waals surface area contributed by atoms with Crippen molar-refractivity contribution in [2.45, 2.75) is 44.6 Å². The van der Waals surface area contributed by atoms with Crippen molar-refractivity contribution >= 4 is 15.9 Å². The number of ether oxygens (including phenoxy) is 1. The fourth-order valence-corrected chi connectivity index (χ4v) is 4.81. The van der Waals surface area contributed by atoms with Crippen LogP contribution in [0.2, 0.25) is 0 Å². The first-order chi connectivity index (χ1) is 11.3. The molecule has 0 aliphatic carbocycles. The zero-order valence-electron chi connectivity index (χ0n) is 14.5. The van der Waals surface area contributed by atoms with Crippen LogP contribution < -0.4 is 5.32 Å². The average Bonchev–Trinajstić information content (AvgIpc) is 2.87. The molecule has 2 heterocycles. The van der Waals surface area contributed by atoms with E-state index < -0.39 is 10.0 Å². The van der Waals surface area contributed by atoms with Gasteiger partial charge in [0.25, 0.3) is 0 Å². The zero-order chi connectivity index (χ0) is 17.9. The maximum absolute atomic E-state index is 12.9. The number of nitrogens with zero attached hydrogens (tertiary/aromatic N) is 2. The lowest BCUT2D eigenvalue weighted by atomic mass is 9.98. The molecule has 1 amide bonds. The topological polar surface area (TPSA) is 102 Å². The van der Waals surface area contributed by atoms with E-state index >= 15 is 0 Å². The number of aryl methyl sites for hydroxylation is 2. The first-order valence-electron chi connectivity index (χ1n) is 7.99. The molecule has 24 heavy (non-hydrogen) atoms. The van der Waals surface area contributed by atoms with Crippen LogP contribution in [0.4, 0.5) is 0 Å². The van der Waals surface area contributed by atoms with E-state index in [1.54, 1.807) is 21.0 Å². The fourth-order valence-electron chi connectivity index (χ4n) is 3.00. The first kappa shape index (κ1) is 18.9. The molecule has 1 fully saturated rings. The van der Waals surface area contributed by atoms with E-state index in [9.17, 15) is 13.2 Å². The summed E-state index contributed by atoms with van der Waals surface area (Å²) in [5.74, 6) is -0.237. The van der Waals surface area contributed by atoms with Crippen LogP contribution in [0.25, 0.3) is 0 Å². The highest BCUT2D eigenvalue weighted by atomic mass is 32.2. The van der Waals surface area contributed by atoms with Crippen LogP contribution in [0.15, 0.2) is 9.42 Å². The molecule has 1 aliphatic rings. The smallest absolute Gasteiger partial charge is 0.248 e. The van der Waals surface area contributed by atoms with Crippen molar-refractivity contribution in [1.82, 2.24) is 14.8 Å². The second kappa shape index (κ2) is 7.62. The minimum absolute atomic E-state index is 0.108. The Hall–Kier alpha value is -1.45. The summed E-state index contributed by atoms with van der Waals surface area (Å²) in [5.41, 5.74) is 0.341. The summed E-state index contributed by atoms with van der Waals surface area (Å²) in [7, 11) is -2.14. The number of sulfonamides is 1. The van der Waals surface area contributed by atoms with Gasteiger partial charge in [-0.3, -0.25) is 4.79 Å². The van der Waals surface area contributed by atoms with E-state index in [0.717, 1.165) is 0 Å². The Morgan fingerprint density at radius 3 is 2.79 bits per heavy atom. The predicted octanol–water partition coefficient (Wildman–Crippen LogP) is 0.843. The first-order valence-corrected chi connectivity index (χ1v) is 9.43. The minimum Gasteiger partial charge on any atom is -0.383 e. The molecule has 2 rings (SSSR count). The Morgan fingerprint density at radius 1 is 1.50 bits per heavy atom. The molecule has 1 aliphatic heterocycles. The van der Waals surface area contributed by atoms with E-state index in [-0.39, 0.29) is 35.1 Å². The van der Waals surface area contributed by atoms with E-state index in [1.807, 2.05) is 6.92 Å². The number of amides is 1. The van der Waals surface area contributed by atoms with Gasteiger partial charge in [-0.05, 0) is 33.6 Å². The fraction of sp³-hybridized carbons (Fsp3) is 0.733. The molecular formula is C15H25N3O5S. The van der Waals surface area contributed by atoms with Crippen LogP contribution in [-0.4, -0.2) is 56.6 Å². The maximum atomic E-state index is 12.9. The molecular weight excluding hydrogens is 334 g/mol. The number of aromatic nitrogens is 1. The van der Waals surface area contributed by atoms with Gasteiger partial charge < -0.3 is 14.6 Å². The lowest BCUT2D eigenvalue weighted by molar-refractivity contribution is -0.127. The SMILES string of the molecule is COCC(C)NC(=O)C1CCCN(S(=O)(=O)c2c(C)noc2C)C1. The predicted molar refractivity (Wildman–Crippen MR) is 86.9 cm³/mol. The third-order valence-corrected chi connectivity index (χ3v) is 6.24. The number of carbonyl (C=O) groups is 1. The van der Waals surface area contributed by atoms with Gasteiger partial charge in [0.05, 0.1) is 12.5 Å². The monoisotopic (exact) mass is 359 g/mol. The van der Waals surface area contributed by atoms with Gasteiger partial charge in [-0.25, -0.2) is 8.42 Å². The van der Waals surface area contributed by atoms with Crippen molar-refractivity contribution in [3.05, 3.63) is 11.5 Å². The molecule has 0 radical (unpaired) electrons. The Labute approximate surface area is 142 Å². The van der Waals surface area contributed by atoms with Crippen LogP contribution in [0.1, 0.15) is 31.2 Å². The van der Waals surface area contributed by atoms with E-state index in [0.29, 0.717) is 31.7 Å². The molecule has 1 saturated heterocycles. The lowest BCUT2D eigenvalue weighted by Gasteiger charge is -2.31. The molecule has 136 valence electrons. The molecule has 0 aromatic carbocycles. The van der Waals surface area contributed by atoms with Crippen LogP contribution in [0.5, 0.6) is 0 Å². The lowest BCUT2D eigenvalue weighted by Crippen LogP contribution is -2.47. The molecule has 8 nitrogen and oxygen atoms in total. The third kappa shape index (κ3) is 3.96. The van der Waals surface area contributed by atoms with E-state index in [1.165, 1.54) is 4.31 Å². The number of rotatable bonds is 6. The van der Waals surface area contributed by atoms with Gasteiger partial charge in [-0.2, -0.15) is 4.31 Å².